The Morgan fingerprint density at radius 1 is 1.25 bits per heavy atom. The monoisotopic (exact) mass is 285 g/mol. The molecule has 1 N–H and O–H groups in total. The Bertz CT molecular complexity index is 739. The van der Waals surface area contributed by atoms with Crippen LogP contribution in [0.15, 0.2) is 41.6 Å². The predicted molar refractivity (Wildman–Crippen MR) is 81.2 cm³/mol. The maximum absolute atomic E-state index is 5.20. The molecule has 20 heavy (non-hydrogen) atoms. The number of thioether (sulfide) groups is 1. The van der Waals surface area contributed by atoms with E-state index < -0.39 is 0 Å². The average molecular weight is 285 g/mol. The number of imidazole rings is 1. The highest BCUT2D eigenvalue weighted by molar-refractivity contribution is 7.98. The van der Waals surface area contributed by atoms with Gasteiger partial charge < -0.3 is 9.72 Å². The summed E-state index contributed by atoms with van der Waals surface area (Å²) in [4.78, 5) is 12.2. The first-order valence-corrected chi connectivity index (χ1v) is 7.31. The molecular formula is C15H15N3OS. The van der Waals surface area contributed by atoms with E-state index >= 15 is 0 Å². The lowest BCUT2D eigenvalue weighted by atomic mass is 10.3. The van der Waals surface area contributed by atoms with Crippen LogP contribution in [0.25, 0.3) is 11.0 Å². The third-order valence-corrected chi connectivity index (χ3v) is 3.92. The van der Waals surface area contributed by atoms with E-state index in [9.17, 15) is 0 Å². The highest BCUT2D eigenvalue weighted by Gasteiger charge is 2.05. The lowest BCUT2D eigenvalue weighted by Crippen LogP contribution is -1.86. The van der Waals surface area contributed by atoms with E-state index in [1.165, 1.54) is 5.56 Å². The van der Waals surface area contributed by atoms with Gasteiger partial charge >= 0.3 is 0 Å². The van der Waals surface area contributed by atoms with E-state index in [-0.39, 0.29) is 0 Å². The number of nitrogens with zero attached hydrogens (tertiary/aromatic N) is 2. The van der Waals surface area contributed by atoms with Gasteiger partial charge in [0.15, 0.2) is 0 Å². The summed E-state index contributed by atoms with van der Waals surface area (Å²) in [6.45, 7) is 2.07. The normalized spacial score (nSPS) is 10.9. The summed E-state index contributed by atoms with van der Waals surface area (Å²) >= 11 is 1.68. The Morgan fingerprint density at radius 2 is 2.15 bits per heavy atom. The number of rotatable bonds is 4. The van der Waals surface area contributed by atoms with Crippen LogP contribution < -0.4 is 4.74 Å². The lowest BCUT2D eigenvalue weighted by Gasteiger charge is -1.99. The molecular weight excluding hydrogens is 270 g/mol. The quantitative estimate of drug-likeness (QED) is 0.745. The second-order valence-electron chi connectivity index (χ2n) is 4.53. The largest absolute Gasteiger partial charge is 0.497 e. The zero-order valence-electron chi connectivity index (χ0n) is 11.4. The van der Waals surface area contributed by atoms with Gasteiger partial charge in [0, 0.05) is 12.3 Å². The standard InChI is InChI=1S/C15H15N3OS/c1-10-5-6-16-15(7-10)20-9-14-17-12-4-3-11(19-2)8-13(12)18-14/h3-8H,9H2,1-2H3,(H,17,18). The van der Waals surface area contributed by atoms with Crippen LogP contribution in [0.3, 0.4) is 0 Å². The summed E-state index contributed by atoms with van der Waals surface area (Å²) in [6, 6.07) is 9.93. The summed E-state index contributed by atoms with van der Waals surface area (Å²) in [5.74, 6) is 2.54. The summed E-state index contributed by atoms with van der Waals surface area (Å²) in [7, 11) is 1.66. The molecule has 0 amide bonds. The molecule has 0 saturated carbocycles. The number of H-pyrrole nitrogens is 1. The van der Waals surface area contributed by atoms with Crippen molar-refractivity contribution in [3.63, 3.8) is 0 Å². The third-order valence-electron chi connectivity index (χ3n) is 2.99. The average Bonchev–Trinajstić information content (AvgIpc) is 2.87. The van der Waals surface area contributed by atoms with Crippen LogP contribution in [-0.4, -0.2) is 22.1 Å². The van der Waals surface area contributed by atoms with Crippen LogP contribution in [0, 0.1) is 6.92 Å². The molecule has 0 spiro atoms. The van der Waals surface area contributed by atoms with Crippen molar-refractivity contribution < 1.29 is 4.74 Å². The number of ether oxygens (including phenoxy) is 1. The summed E-state index contributed by atoms with van der Waals surface area (Å²) in [5.41, 5.74) is 3.17. The Labute approximate surface area is 121 Å². The number of aromatic nitrogens is 3. The second kappa shape index (κ2) is 5.54. The van der Waals surface area contributed by atoms with Crippen molar-refractivity contribution in [2.45, 2.75) is 17.7 Å². The van der Waals surface area contributed by atoms with Gasteiger partial charge in [0.25, 0.3) is 0 Å². The minimum atomic E-state index is 0.771. The van der Waals surface area contributed by atoms with Gasteiger partial charge in [-0.2, -0.15) is 0 Å². The summed E-state index contributed by atoms with van der Waals surface area (Å²) in [5, 5.41) is 1.02. The molecule has 0 radical (unpaired) electrons. The molecule has 0 aliphatic carbocycles. The molecule has 3 aromatic rings. The first-order chi connectivity index (χ1) is 9.74. The van der Waals surface area contributed by atoms with Crippen LogP contribution in [-0.2, 0) is 5.75 Å². The molecule has 3 rings (SSSR count). The highest BCUT2D eigenvalue weighted by Crippen LogP contribution is 2.23. The molecule has 0 aliphatic rings. The van der Waals surface area contributed by atoms with E-state index in [4.69, 9.17) is 4.74 Å². The molecule has 2 aromatic heterocycles. The molecule has 1 aromatic carbocycles. The molecule has 0 saturated heterocycles. The van der Waals surface area contributed by atoms with Crippen molar-refractivity contribution in [3.05, 3.63) is 47.9 Å². The number of pyridine rings is 1. The third kappa shape index (κ3) is 2.77. The number of nitrogens with one attached hydrogen (secondary N) is 1. The predicted octanol–water partition coefficient (Wildman–Crippen LogP) is 3.57. The zero-order valence-corrected chi connectivity index (χ0v) is 12.2. The van der Waals surface area contributed by atoms with Gasteiger partial charge in [-0.3, -0.25) is 0 Å². The molecule has 0 fully saturated rings. The fourth-order valence-electron chi connectivity index (χ4n) is 1.96. The summed E-state index contributed by atoms with van der Waals surface area (Å²) in [6.07, 6.45) is 1.83. The van der Waals surface area contributed by atoms with Crippen molar-refractivity contribution >= 4 is 22.8 Å². The molecule has 102 valence electrons. The van der Waals surface area contributed by atoms with Gasteiger partial charge in [-0.1, -0.05) is 11.8 Å². The van der Waals surface area contributed by atoms with Crippen molar-refractivity contribution in [1.29, 1.82) is 0 Å². The number of methoxy groups -OCH3 is 1. The second-order valence-corrected chi connectivity index (χ2v) is 5.52. The Kier molecular flexibility index (Phi) is 3.60. The number of hydrogen-bond donors (Lipinski definition) is 1. The minimum absolute atomic E-state index is 0.771. The molecule has 2 heterocycles. The van der Waals surface area contributed by atoms with Crippen molar-refractivity contribution in [2.75, 3.05) is 7.11 Å². The van der Waals surface area contributed by atoms with E-state index in [0.717, 1.165) is 33.4 Å². The van der Waals surface area contributed by atoms with Crippen LogP contribution in [0.5, 0.6) is 5.75 Å². The van der Waals surface area contributed by atoms with Gasteiger partial charge in [-0.15, -0.1) is 0 Å². The number of fused-ring (bicyclic) bond motifs is 1. The Morgan fingerprint density at radius 3 is 2.95 bits per heavy atom. The molecule has 0 atom stereocenters. The Balaban J connectivity index is 1.77. The van der Waals surface area contributed by atoms with E-state index in [2.05, 4.69) is 27.9 Å². The molecule has 4 nitrogen and oxygen atoms in total. The minimum Gasteiger partial charge on any atom is -0.497 e. The van der Waals surface area contributed by atoms with Crippen LogP contribution in [0.2, 0.25) is 0 Å². The number of hydrogen-bond acceptors (Lipinski definition) is 4. The van der Waals surface area contributed by atoms with Crippen molar-refractivity contribution in [1.82, 2.24) is 15.0 Å². The molecule has 5 heteroatoms. The Hall–Kier alpha value is -2.01. The molecule has 0 bridgehead atoms. The number of aryl methyl sites for hydroxylation is 1. The first kappa shape index (κ1) is 13.0. The van der Waals surface area contributed by atoms with E-state index in [0.29, 0.717) is 0 Å². The molecule has 0 unspecified atom stereocenters. The fraction of sp³-hybridized carbons (Fsp3) is 0.200. The van der Waals surface area contributed by atoms with Gasteiger partial charge in [0.05, 0.1) is 28.9 Å². The van der Waals surface area contributed by atoms with Crippen LogP contribution >= 0.6 is 11.8 Å². The van der Waals surface area contributed by atoms with Gasteiger partial charge in [-0.25, -0.2) is 9.97 Å². The maximum Gasteiger partial charge on any atom is 0.121 e. The molecule has 0 aliphatic heterocycles. The summed E-state index contributed by atoms with van der Waals surface area (Å²) < 4.78 is 5.20. The number of aromatic amines is 1. The topological polar surface area (TPSA) is 50.8 Å². The van der Waals surface area contributed by atoms with Gasteiger partial charge in [0.1, 0.15) is 11.6 Å². The van der Waals surface area contributed by atoms with Crippen molar-refractivity contribution in [3.8, 4) is 5.75 Å². The van der Waals surface area contributed by atoms with Crippen LogP contribution in [0.4, 0.5) is 0 Å². The smallest absolute Gasteiger partial charge is 0.121 e. The van der Waals surface area contributed by atoms with Crippen molar-refractivity contribution in [2.24, 2.45) is 0 Å². The number of benzene rings is 1. The van der Waals surface area contributed by atoms with Gasteiger partial charge in [0.2, 0.25) is 0 Å². The van der Waals surface area contributed by atoms with Gasteiger partial charge in [-0.05, 0) is 36.8 Å². The SMILES string of the molecule is COc1ccc2[nH]c(CSc3cc(C)ccn3)nc2c1. The highest BCUT2D eigenvalue weighted by atomic mass is 32.2. The van der Waals surface area contributed by atoms with E-state index in [1.54, 1.807) is 18.9 Å². The lowest BCUT2D eigenvalue weighted by molar-refractivity contribution is 0.415. The maximum atomic E-state index is 5.20. The fourth-order valence-corrected chi connectivity index (χ4v) is 2.79. The first-order valence-electron chi connectivity index (χ1n) is 6.33. The van der Waals surface area contributed by atoms with Crippen LogP contribution in [0.1, 0.15) is 11.4 Å². The zero-order chi connectivity index (χ0) is 13.9. The van der Waals surface area contributed by atoms with E-state index in [1.807, 2.05) is 30.5 Å².